The summed E-state index contributed by atoms with van der Waals surface area (Å²) in [6, 6.07) is 9.68. The van der Waals surface area contributed by atoms with E-state index in [0.717, 1.165) is 38.7 Å². The second-order valence-electron chi connectivity index (χ2n) is 7.82. The highest BCUT2D eigenvalue weighted by molar-refractivity contribution is 5.80. The van der Waals surface area contributed by atoms with Crippen LogP contribution >= 0.6 is 0 Å². The number of ether oxygens (including phenoxy) is 1. The van der Waals surface area contributed by atoms with E-state index < -0.39 is 0 Å². The Morgan fingerprint density at radius 1 is 1.32 bits per heavy atom. The SMILES string of the molecule is CCN=C(NC1CC1c1ccc(C(C)C)cc1)N(C)CC1CCOC1. The fourth-order valence-electron chi connectivity index (χ4n) is 3.64. The third-order valence-electron chi connectivity index (χ3n) is 5.36. The molecule has 3 rings (SSSR count). The number of aliphatic imine (C=N–C) groups is 1. The molecule has 3 atom stereocenters. The summed E-state index contributed by atoms with van der Waals surface area (Å²) in [6.07, 6.45) is 2.36. The van der Waals surface area contributed by atoms with Crippen LogP contribution in [-0.2, 0) is 4.74 Å². The molecule has 1 aliphatic heterocycles. The van der Waals surface area contributed by atoms with Crippen LogP contribution < -0.4 is 5.32 Å². The monoisotopic (exact) mass is 343 g/mol. The van der Waals surface area contributed by atoms with E-state index in [1.54, 1.807) is 0 Å². The molecule has 25 heavy (non-hydrogen) atoms. The van der Waals surface area contributed by atoms with Crippen LogP contribution in [0.25, 0.3) is 0 Å². The molecule has 1 saturated carbocycles. The normalized spacial score (nSPS) is 26.1. The summed E-state index contributed by atoms with van der Waals surface area (Å²) >= 11 is 0. The first-order valence-electron chi connectivity index (χ1n) is 9.78. The molecule has 1 aliphatic carbocycles. The summed E-state index contributed by atoms with van der Waals surface area (Å²) in [5, 5.41) is 3.69. The van der Waals surface area contributed by atoms with Crippen LogP contribution in [0.15, 0.2) is 29.3 Å². The smallest absolute Gasteiger partial charge is 0.193 e. The van der Waals surface area contributed by atoms with E-state index in [2.05, 4.69) is 62.3 Å². The van der Waals surface area contributed by atoms with Crippen molar-refractivity contribution >= 4 is 5.96 Å². The average molecular weight is 344 g/mol. The van der Waals surface area contributed by atoms with Crippen molar-refractivity contribution in [2.75, 3.05) is 33.4 Å². The summed E-state index contributed by atoms with van der Waals surface area (Å²) < 4.78 is 5.51. The van der Waals surface area contributed by atoms with E-state index in [9.17, 15) is 0 Å². The van der Waals surface area contributed by atoms with Gasteiger partial charge in [0.1, 0.15) is 0 Å². The third-order valence-corrected chi connectivity index (χ3v) is 5.36. The molecular weight excluding hydrogens is 310 g/mol. The Morgan fingerprint density at radius 2 is 2.08 bits per heavy atom. The van der Waals surface area contributed by atoms with Gasteiger partial charge in [0.15, 0.2) is 5.96 Å². The summed E-state index contributed by atoms with van der Waals surface area (Å²) in [6.45, 7) is 10.2. The minimum Gasteiger partial charge on any atom is -0.381 e. The maximum atomic E-state index is 5.51. The van der Waals surface area contributed by atoms with Gasteiger partial charge in [-0.2, -0.15) is 0 Å². The fraction of sp³-hybridized carbons (Fsp3) is 0.667. The van der Waals surface area contributed by atoms with Gasteiger partial charge in [0.2, 0.25) is 0 Å². The lowest BCUT2D eigenvalue weighted by Gasteiger charge is -2.25. The van der Waals surface area contributed by atoms with E-state index >= 15 is 0 Å². The Labute approximate surface area is 152 Å². The lowest BCUT2D eigenvalue weighted by molar-refractivity contribution is 0.181. The van der Waals surface area contributed by atoms with E-state index in [1.165, 1.54) is 17.5 Å². The average Bonchev–Trinajstić information content (AvgIpc) is 3.18. The van der Waals surface area contributed by atoms with E-state index in [-0.39, 0.29) is 0 Å². The number of guanidine groups is 1. The minimum absolute atomic E-state index is 0.512. The molecule has 4 heteroatoms. The second kappa shape index (κ2) is 8.22. The summed E-state index contributed by atoms with van der Waals surface area (Å²) in [5.74, 6) is 2.89. The van der Waals surface area contributed by atoms with E-state index in [4.69, 9.17) is 9.73 Å². The molecule has 1 saturated heterocycles. The molecule has 4 nitrogen and oxygen atoms in total. The van der Waals surface area contributed by atoms with Crippen LogP contribution in [0, 0.1) is 5.92 Å². The number of nitrogens with one attached hydrogen (secondary N) is 1. The highest BCUT2D eigenvalue weighted by atomic mass is 16.5. The van der Waals surface area contributed by atoms with Crippen molar-refractivity contribution in [2.24, 2.45) is 10.9 Å². The molecule has 0 amide bonds. The molecule has 1 N–H and O–H groups in total. The molecule has 2 fully saturated rings. The highest BCUT2D eigenvalue weighted by Gasteiger charge is 2.39. The topological polar surface area (TPSA) is 36.9 Å². The van der Waals surface area contributed by atoms with Gasteiger partial charge < -0.3 is 15.0 Å². The summed E-state index contributed by atoms with van der Waals surface area (Å²) in [5.41, 5.74) is 2.87. The van der Waals surface area contributed by atoms with Gasteiger partial charge in [-0.3, -0.25) is 4.99 Å². The first kappa shape index (κ1) is 18.2. The van der Waals surface area contributed by atoms with Gasteiger partial charge in [0.05, 0.1) is 6.61 Å². The van der Waals surface area contributed by atoms with Crippen LogP contribution in [-0.4, -0.2) is 50.3 Å². The largest absolute Gasteiger partial charge is 0.381 e. The molecular formula is C21H33N3O. The fourth-order valence-corrected chi connectivity index (χ4v) is 3.64. The maximum Gasteiger partial charge on any atom is 0.193 e. The van der Waals surface area contributed by atoms with E-state index in [0.29, 0.717) is 23.8 Å². The first-order chi connectivity index (χ1) is 12.1. The van der Waals surface area contributed by atoms with Gasteiger partial charge in [0, 0.05) is 44.6 Å². The first-order valence-corrected chi connectivity index (χ1v) is 9.78. The molecule has 1 aromatic carbocycles. The van der Waals surface area contributed by atoms with Crippen molar-refractivity contribution in [2.45, 2.75) is 51.5 Å². The number of hydrogen-bond donors (Lipinski definition) is 1. The summed E-state index contributed by atoms with van der Waals surface area (Å²) in [7, 11) is 2.15. The molecule has 0 bridgehead atoms. The van der Waals surface area contributed by atoms with Gasteiger partial charge in [-0.15, -0.1) is 0 Å². The van der Waals surface area contributed by atoms with Gasteiger partial charge in [0.25, 0.3) is 0 Å². The summed E-state index contributed by atoms with van der Waals surface area (Å²) in [4.78, 5) is 6.98. The predicted octanol–water partition coefficient (Wildman–Crippen LogP) is 3.60. The standard InChI is InChI=1S/C21H33N3O/c1-5-22-21(24(4)13-16-10-11-25-14-16)23-20-12-19(20)18-8-6-17(7-9-18)15(2)3/h6-9,15-16,19-20H,5,10-14H2,1-4H3,(H,22,23). The third kappa shape index (κ3) is 4.75. The molecule has 0 spiro atoms. The maximum absolute atomic E-state index is 5.51. The second-order valence-corrected chi connectivity index (χ2v) is 7.82. The Hall–Kier alpha value is -1.55. The molecule has 1 heterocycles. The van der Waals surface area contributed by atoms with Gasteiger partial charge in [-0.25, -0.2) is 0 Å². The van der Waals surface area contributed by atoms with Crippen molar-refractivity contribution in [3.63, 3.8) is 0 Å². The van der Waals surface area contributed by atoms with E-state index in [1.807, 2.05) is 0 Å². The number of rotatable bonds is 6. The van der Waals surface area contributed by atoms with Crippen molar-refractivity contribution < 1.29 is 4.74 Å². The molecule has 3 unspecified atom stereocenters. The predicted molar refractivity (Wildman–Crippen MR) is 104 cm³/mol. The molecule has 138 valence electrons. The Balaban J connectivity index is 1.55. The van der Waals surface area contributed by atoms with Gasteiger partial charge >= 0.3 is 0 Å². The van der Waals surface area contributed by atoms with Crippen molar-refractivity contribution in [3.05, 3.63) is 35.4 Å². The van der Waals surface area contributed by atoms with Crippen molar-refractivity contribution in [1.29, 1.82) is 0 Å². The number of benzene rings is 1. The number of hydrogen-bond acceptors (Lipinski definition) is 2. The van der Waals surface area contributed by atoms with Crippen LogP contribution in [0.4, 0.5) is 0 Å². The van der Waals surface area contributed by atoms with Gasteiger partial charge in [-0.05, 0) is 36.8 Å². The highest BCUT2D eigenvalue weighted by Crippen LogP contribution is 2.41. The quantitative estimate of drug-likeness (QED) is 0.633. The number of nitrogens with zero attached hydrogens (tertiary/aromatic N) is 2. The molecule has 1 aromatic rings. The van der Waals surface area contributed by atoms with Crippen molar-refractivity contribution in [1.82, 2.24) is 10.2 Å². The van der Waals surface area contributed by atoms with Crippen LogP contribution in [0.2, 0.25) is 0 Å². The lowest BCUT2D eigenvalue weighted by Crippen LogP contribution is -2.43. The van der Waals surface area contributed by atoms with Crippen LogP contribution in [0.3, 0.4) is 0 Å². The Kier molecular flexibility index (Phi) is 6.00. The van der Waals surface area contributed by atoms with Crippen molar-refractivity contribution in [3.8, 4) is 0 Å². The van der Waals surface area contributed by atoms with Crippen LogP contribution in [0.5, 0.6) is 0 Å². The minimum atomic E-state index is 0.512. The van der Waals surface area contributed by atoms with Crippen LogP contribution in [0.1, 0.15) is 56.6 Å². The zero-order valence-electron chi connectivity index (χ0n) is 16.2. The molecule has 0 radical (unpaired) electrons. The lowest BCUT2D eigenvalue weighted by atomic mass is 10.0. The molecule has 2 aliphatic rings. The van der Waals surface area contributed by atoms with Gasteiger partial charge in [-0.1, -0.05) is 38.1 Å². The molecule has 0 aromatic heterocycles. The zero-order chi connectivity index (χ0) is 17.8. The Bertz CT molecular complexity index is 575. The Morgan fingerprint density at radius 3 is 2.68 bits per heavy atom. The zero-order valence-corrected chi connectivity index (χ0v) is 16.2.